The van der Waals surface area contributed by atoms with E-state index in [0.717, 1.165) is 27.1 Å². The number of aromatic amines is 1. The highest BCUT2D eigenvalue weighted by Gasteiger charge is 2.37. The zero-order valence-electron chi connectivity index (χ0n) is 13.2. The van der Waals surface area contributed by atoms with Gasteiger partial charge in [-0.25, -0.2) is 9.59 Å². The predicted octanol–water partition coefficient (Wildman–Crippen LogP) is 2.77. The standard InChI is InChI=1S/C17H20N2O4/c1-10(2)9-23-16(20)15-7-12-11-5-3-4-6-13(11)18-14(12)8-19(15)17(21)22/h3-6,10,15,18H,7-9H2,1-2H3,(H,21,22)/t15-/m1/s1. The lowest BCUT2D eigenvalue weighted by atomic mass is 9.97. The van der Waals surface area contributed by atoms with E-state index in [-0.39, 0.29) is 12.5 Å². The third-order valence-electron chi connectivity index (χ3n) is 4.08. The van der Waals surface area contributed by atoms with Gasteiger partial charge in [0.2, 0.25) is 0 Å². The Morgan fingerprint density at radius 2 is 2.13 bits per heavy atom. The van der Waals surface area contributed by atoms with Crippen molar-refractivity contribution in [2.75, 3.05) is 6.61 Å². The first-order chi connectivity index (χ1) is 11.0. The highest BCUT2D eigenvalue weighted by atomic mass is 16.5. The van der Waals surface area contributed by atoms with E-state index in [1.807, 2.05) is 38.1 Å². The molecule has 2 N–H and O–H groups in total. The molecular weight excluding hydrogens is 296 g/mol. The molecule has 0 saturated carbocycles. The number of benzene rings is 1. The number of carboxylic acid groups (broad SMARTS) is 1. The quantitative estimate of drug-likeness (QED) is 0.853. The average Bonchev–Trinajstić information content (AvgIpc) is 2.88. The van der Waals surface area contributed by atoms with Crippen molar-refractivity contribution in [3.8, 4) is 0 Å². The summed E-state index contributed by atoms with van der Waals surface area (Å²) in [7, 11) is 0. The van der Waals surface area contributed by atoms with Gasteiger partial charge in [0, 0.05) is 23.0 Å². The van der Waals surface area contributed by atoms with E-state index in [2.05, 4.69) is 4.98 Å². The number of hydrogen-bond acceptors (Lipinski definition) is 3. The molecule has 0 spiro atoms. The van der Waals surface area contributed by atoms with Crippen LogP contribution < -0.4 is 0 Å². The number of aromatic nitrogens is 1. The second-order valence-electron chi connectivity index (χ2n) is 6.28. The number of hydrogen-bond donors (Lipinski definition) is 2. The van der Waals surface area contributed by atoms with Crippen LogP contribution in [0.1, 0.15) is 25.1 Å². The van der Waals surface area contributed by atoms with Crippen molar-refractivity contribution in [2.45, 2.75) is 32.9 Å². The summed E-state index contributed by atoms with van der Waals surface area (Å²) in [5.74, 6) is -0.263. The maximum Gasteiger partial charge on any atom is 0.408 e. The highest BCUT2D eigenvalue weighted by molar-refractivity contribution is 5.88. The Kier molecular flexibility index (Phi) is 3.98. The molecule has 0 saturated heterocycles. The lowest BCUT2D eigenvalue weighted by molar-refractivity contribution is -0.151. The lowest BCUT2D eigenvalue weighted by Gasteiger charge is -2.32. The molecule has 6 nitrogen and oxygen atoms in total. The Morgan fingerprint density at radius 3 is 2.83 bits per heavy atom. The van der Waals surface area contributed by atoms with Gasteiger partial charge in [-0.3, -0.25) is 4.90 Å². The summed E-state index contributed by atoms with van der Waals surface area (Å²) < 4.78 is 5.27. The predicted molar refractivity (Wildman–Crippen MR) is 85.2 cm³/mol. The number of nitrogens with zero attached hydrogens (tertiary/aromatic N) is 1. The minimum Gasteiger partial charge on any atom is -0.465 e. The number of amides is 1. The van der Waals surface area contributed by atoms with Crippen LogP contribution in [-0.2, 0) is 22.5 Å². The summed E-state index contributed by atoms with van der Waals surface area (Å²) in [4.78, 5) is 28.3. The summed E-state index contributed by atoms with van der Waals surface area (Å²) in [6, 6.07) is 7.00. The first-order valence-electron chi connectivity index (χ1n) is 7.72. The molecular formula is C17H20N2O4. The molecule has 122 valence electrons. The fourth-order valence-corrected chi connectivity index (χ4v) is 2.96. The summed E-state index contributed by atoms with van der Waals surface area (Å²) >= 11 is 0. The van der Waals surface area contributed by atoms with Crippen molar-refractivity contribution in [3.63, 3.8) is 0 Å². The van der Waals surface area contributed by atoms with Crippen LogP contribution in [0.25, 0.3) is 10.9 Å². The normalized spacial score (nSPS) is 17.3. The number of carbonyl (C=O) groups is 2. The van der Waals surface area contributed by atoms with Gasteiger partial charge < -0.3 is 14.8 Å². The van der Waals surface area contributed by atoms with Gasteiger partial charge in [0.05, 0.1) is 13.2 Å². The number of rotatable bonds is 3. The Morgan fingerprint density at radius 1 is 1.39 bits per heavy atom. The van der Waals surface area contributed by atoms with Crippen LogP contribution in [0.3, 0.4) is 0 Å². The smallest absolute Gasteiger partial charge is 0.408 e. The van der Waals surface area contributed by atoms with Gasteiger partial charge in [0.15, 0.2) is 0 Å². The highest BCUT2D eigenvalue weighted by Crippen LogP contribution is 2.30. The van der Waals surface area contributed by atoms with Gasteiger partial charge in [-0.1, -0.05) is 32.0 Å². The van der Waals surface area contributed by atoms with Crippen LogP contribution in [0, 0.1) is 5.92 Å². The van der Waals surface area contributed by atoms with E-state index in [4.69, 9.17) is 4.74 Å². The third kappa shape index (κ3) is 2.88. The second kappa shape index (κ2) is 5.95. The fraction of sp³-hybridized carbons (Fsp3) is 0.412. The average molecular weight is 316 g/mol. The monoisotopic (exact) mass is 316 g/mol. The zero-order chi connectivity index (χ0) is 16.6. The first-order valence-corrected chi connectivity index (χ1v) is 7.72. The SMILES string of the molecule is CC(C)COC(=O)[C@H]1Cc2c([nH]c3ccccc23)CN1C(=O)O. The summed E-state index contributed by atoms with van der Waals surface area (Å²) in [6.45, 7) is 4.35. The van der Waals surface area contributed by atoms with Crippen LogP contribution >= 0.6 is 0 Å². The Bertz CT molecular complexity index is 750. The minimum absolute atomic E-state index is 0.167. The molecule has 1 aromatic heterocycles. The number of ether oxygens (including phenoxy) is 1. The molecule has 2 aromatic rings. The zero-order valence-corrected chi connectivity index (χ0v) is 13.2. The van der Waals surface area contributed by atoms with Crippen molar-refractivity contribution in [3.05, 3.63) is 35.5 Å². The van der Waals surface area contributed by atoms with Crippen molar-refractivity contribution in [1.29, 1.82) is 0 Å². The van der Waals surface area contributed by atoms with Crippen LogP contribution in [0.5, 0.6) is 0 Å². The molecule has 2 heterocycles. The first kappa shape index (κ1) is 15.4. The Hall–Kier alpha value is -2.50. The number of H-pyrrole nitrogens is 1. The maximum atomic E-state index is 12.3. The molecule has 0 fully saturated rings. The molecule has 1 aliphatic rings. The Balaban J connectivity index is 1.93. The molecule has 1 atom stereocenters. The largest absolute Gasteiger partial charge is 0.465 e. The lowest BCUT2D eigenvalue weighted by Crippen LogP contribution is -2.48. The summed E-state index contributed by atoms with van der Waals surface area (Å²) in [5, 5.41) is 10.5. The van der Waals surface area contributed by atoms with Crippen molar-refractivity contribution in [1.82, 2.24) is 9.88 Å². The Labute approximate surface area is 134 Å². The van der Waals surface area contributed by atoms with E-state index in [1.165, 1.54) is 0 Å². The molecule has 23 heavy (non-hydrogen) atoms. The number of para-hydroxylation sites is 1. The van der Waals surface area contributed by atoms with Gasteiger partial charge in [0.1, 0.15) is 6.04 Å². The van der Waals surface area contributed by atoms with E-state index >= 15 is 0 Å². The number of esters is 1. The van der Waals surface area contributed by atoms with Gasteiger partial charge in [-0.2, -0.15) is 0 Å². The topological polar surface area (TPSA) is 82.6 Å². The van der Waals surface area contributed by atoms with Crippen molar-refractivity contribution >= 4 is 23.0 Å². The minimum atomic E-state index is -1.11. The molecule has 1 aliphatic heterocycles. The molecule has 1 amide bonds. The van der Waals surface area contributed by atoms with Crippen LogP contribution in [-0.4, -0.2) is 39.7 Å². The molecule has 0 aliphatic carbocycles. The van der Waals surface area contributed by atoms with E-state index < -0.39 is 18.1 Å². The number of fused-ring (bicyclic) bond motifs is 3. The maximum absolute atomic E-state index is 12.3. The number of carbonyl (C=O) groups excluding carboxylic acids is 1. The van der Waals surface area contributed by atoms with Crippen molar-refractivity contribution in [2.24, 2.45) is 5.92 Å². The molecule has 6 heteroatoms. The van der Waals surface area contributed by atoms with E-state index in [1.54, 1.807) is 0 Å². The van der Waals surface area contributed by atoms with Gasteiger partial charge in [0.25, 0.3) is 0 Å². The molecule has 0 unspecified atom stereocenters. The molecule has 0 radical (unpaired) electrons. The molecule has 1 aromatic carbocycles. The van der Waals surface area contributed by atoms with Gasteiger partial charge >= 0.3 is 12.1 Å². The van der Waals surface area contributed by atoms with Gasteiger partial charge in [-0.15, -0.1) is 0 Å². The summed E-state index contributed by atoms with van der Waals surface area (Å²) in [6.07, 6.45) is -0.774. The molecule has 0 bridgehead atoms. The van der Waals surface area contributed by atoms with Gasteiger partial charge in [-0.05, 0) is 17.5 Å². The van der Waals surface area contributed by atoms with E-state index in [0.29, 0.717) is 13.0 Å². The number of nitrogens with one attached hydrogen (secondary N) is 1. The van der Waals surface area contributed by atoms with E-state index in [9.17, 15) is 14.7 Å². The van der Waals surface area contributed by atoms with Crippen LogP contribution in [0.4, 0.5) is 4.79 Å². The summed E-state index contributed by atoms with van der Waals surface area (Å²) in [5.41, 5.74) is 2.81. The second-order valence-corrected chi connectivity index (χ2v) is 6.28. The van der Waals surface area contributed by atoms with Crippen molar-refractivity contribution < 1.29 is 19.4 Å². The molecule has 3 rings (SSSR count). The third-order valence-corrected chi connectivity index (χ3v) is 4.08. The van der Waals surface area contributed by atoms with Crippen LogP contribution in [0.2, 0.25) is 0 Å². The van der Waals surface area contributed by atoms with Crippen LogP contribution in [0.15, 0.2) is 24.3 Å². The fourth-order valence-electron chi connectivity index (χ4n) is 2.96.